The van der Waals surface area contributed by atoms with E-state index in [4.69, 9.17) is 11.1 Å². The molecule has 0 aromatic carbocycles. The van der Waals surface area contributed by atoms with Crippen LogP contribution in [0.5, 0.6) is 0 Å². The smallest absolute Gasteiger partial charge is 0.133 e. The van der Waals surface area contributed by atoms with Gasteiger partial charge in [0.05, 0.1) is 5.71 Å². The quantitative estimate of drug-likeness (QED) is 0.417. The van der Waals surface area contributed by atoms with Crippen molar-refractivity contribution in [1.29, 1.82) is 5.41 Å². The van der Waals surface area contributed by atoms with Crippen molar-refractivity contribution in [3.63, 3.8) is 0 Å². The zero-order valence-corrected chi connectivity index (χ0v) is 13.3. The van der Waals surface area contributed by atoms with E-state index in [-0.39, 0.29) is 20.7 Å². The molecular formula is C15H17IN4. The number of hydrogen-bond donors (Lipinski definition) is 3. The van der Waals surface area contributed by atoms with Gasteiger partial charge in [0, 0.05) is 28.3 Å². The predicted octanol–water partition coefficient (Wildman–Crippen LogP) is 1.95. The van der Waals surface area contributed by atoms with Gasteiger partial charge >= 0.3 is 0 Å². The lowest BCUT2D eigenvalue weighted by Crippen LogP contribution is -2.27. The molecule has 0 radical (unpaired) electrons. The number of nitrogens with one attached hydrogen (secondary N) is 2. The van der Waals surface area contributed by atoms with Crippen molar-refractivity contribution in [1.82, 2.24) is 10.3 Å². The summed E-state index contributed by atoms with van der Waals surface area (Å²) in [5.74, 6) is 0.483. The zero-order chi connectivity index (χ0) is 13.9. The summed E-state index contributed by atoms with van der Waals surface area (Å²) in [5, 5.41) is 11.9. The van der Waals surface area contributed by atoms with Crippen molar-refractivity contribution in [3.05, 3.63) is 46.7 Å². The molecule has 0 saturated heterocycles. The van der Waals surface area contributed by atoms with Crippen LogP contribution in [0, 0.1) is 5.41 Å². The van der Waals surface area contributed by atoms with Crippen molar-refractivity contribution in [2.75, 3.05) is 16.7 Å². The van der Waals surface area contributed by atoms with Crippen LogP contribution in [0.15, 0.2) is 30.0 Å². The normalized spacial score (nSPS) is 17.7. The Bertz CT molecular complexity index is 644. The lowest BCUT2D eigenvalue weighted by Gasteiger charge is -2.21. The third kappa shape index (κ3) is 2.60. The number of nitrogens with two attached hydrogens (primary N) is 1. The number of allylic oxidation sites excluding steroid dienone is 4. The molecule has 20 heavy (non-hydrogen) atoms. The van der Waals surface area contributed by atoms with Crippen molar-refractivity contribution in [2.24, 2.45) is 0 Å². The molecule has 0 fully saturated rings. The first-order chi connectivity index (χ1) is 9.77. The topological polar surface area (TPSA) is 74.8 Å². The van der Waals surface area contributed by atoms with Crippen LogP contribution in [-0.2, 0) is 13.0 Å². The van der Waals surface area contributed by atoms with Crippen LogP contribution in [0.25, 0.3) is 0 Å². The largest absolute Gasteiger partial charge is 0.383 e. The lowest BCUT2D eigenvalue weighted by atomic mass is 9.92. The van der Waals surface area contributed by atoms with Gasteiger partial charge in [0.2, 0.25) is 0 Å². The highest BCUT2D eigenvalue weighted by atomic mass is 127. The van der Waals surface area contributed by atoms with E-state index >= 15 is 0 Å². The van der Waals surface area contributed by atoms with Gasteiger partial charge in [-0.3, -0.25) is 5.41 Å². The summed E-state index contributed by atoms with van der Waals surface area (Å²) in [6.45, 7) is 1.75. The van der Waals surface area contributed by atoms with Crippen molar-refractivity contribution in [3.8, 4) is 0 Å². The molecule has 2 aliphatic heterocycles. The fraction of sp³-hybridized carbons (Fsp3) is 0.267. The van der Waals surface area contributed by atoms with Gasteiger partial charge in [-0.05, 0) is 28.1 Å². The summed E-state index contributed by atoms with van der Waals surface area (Å²) in [6.07, 6.45) is 9.00. The van der Waals surface area contributed by atoms with Gasteiger partial charge in [-0.25, -0.2) is 4.98 Å². The van der Waals surface area contributed by atoms with Crippen LogP contribution >= 0.6 is 20.7 Å². The fourth-order valence-electron chi connectivity index (χ4n) is 2.48. The highest BCUT2D eigenvalue weighted by Crippen LogP contribution is 2.25. The fourth-order valence-corrected chi connectivity index (χ4v) is 4.31. The summed E-state index contributed by atoms with van der Waals surface area (Å²) in [7, 11) is 0. The maximum atomic E-state index is 8.55. The molecule has 0 bridgehead atoms. The second-order valence-corrected chi connectivity index (χ2v) is 7.18. The van der Waals surface area contributed by atoms with Gasteiger partial charge in [-0.1, -0.05) is 18.2 Å². The van der Waals surface area contributed by atoms with Crippen molar-refractivity contribution >= 4 is 36.3 Å². The molecule has 1 aromatic rings. The molecule has 3 heterocycles. The van der Waals surface area contributed by atoms with Gasteiger partial charge in [-0.15, -0.1) is 20.7 Å². The Labute approximate surface area is 128 Å². The number of nitrogens with zero attached hydrogens (tertiary/aromatic N) is 1. The summed E-state index contributed by atoms with van der Waals surface area (Å²) in [4.78, 5) is 4.28. The maximum Gasteiger partial charge on any atom is 0.133 e. The van der Waals surface area contributed by atoms with E-state index < -0.39 is 0 Å². The minimum absolute atomic E-state index is 0.00499. The molecule has 4 nitrogen and oxygen atoms in total. The van der Waals surface area contributed by atoms with E-state index in [9.17, 15) is 0 Å². The number of aromatic nitrogens is 1. The van der Waals surface area contributed by atoms with Crippen LogP contribution in [0.4, 0.5) is 5.82 Å². The molecule has 0 saturated carbocycles. The summed E-state index contributed by atoms with van der Waals surface area (Å²) >= 11 is 0.00499. The van der Waals surface area contributed by atoms with Gasteiger partial charge in [-0.2, -0.15) is 0 Å². The van der Waals surface area contributed by atoms with E-state index in [1.54, 1.807) is 0 Å². The Morgan fingerprint density at radius 2 is 2.35 bits per heavy atom. The van der Waals surface area contributed by atoms with E-state index in [2.05, 4.69) is 20.4 Å². The third-order valence-electron chi connectivity index (χ3n) is 3.50. The van der Waals surface area contributed by atoms with Crippen LogP contribution < -0.4 is 11.1 Å². The first kappa shape index (κ1) is 13.6. The molecule has 0 amide bonds. The van der Waals surface area contributed by atoms with Crippen LogP contribution in [0.3, 0.4) is 0 Å². The SMILES string of the molecule is N=C(C1=CC=CCI=C1)c1c(N)ncc2c1CCNC2. The van der Waals surface area contributed by atoms with E-state index in [0.717, 1.165) is 35.1 Å². The number of halogens is 1. The molecule has 104 valence electrons. The van der Waals surface area contributed by atoms with Gasteiger partial charge in [0.25, 0.3) is 0 Å². The van der Waals surface area contributed by atoms with E-state index in [1.807, 2.05) is 18.3 Å². The Morgan fingerprint density at radius 3 is 3.25 bits per heavy atom. The standard InChI is InChI=1S/C15H17IN4/c17-14(10-3-1-2-5-16-7-10)13-12-4-6-19-8-11(12)9-20-15(13)18/h1-3,7,9,17,19H,4-6,8H2,(H2,18,20). The second-order valence-electron chi connectivity index (χ2n) is 4.79. The predicted molar refractivity (Wildman–Crippen MR) is 93.1 cm³/mol. The average Bonchev–Trinajstić information content (AvgIpc) is 2.75. The number of anilines is 1. The molecule has 2 aliphatic rings. The highest BCUT2D eigenvalue weighted by Gasteiger charge is 2.20. The highest BCUT2D eigenvalue weighted by molar-refractivity contribution is 14.2. The van der Waals surface area contributed by atoms with Crippen LogP contribution in [0.2, 0.25) is 0 Å². The third-order valence-corrected chi connectivity index (χ3v) is 5.62. The van der Waals surface area contributed by atoms with Gasteiger partial charge < -0.3 is 11.1 Å². The van der Waals surface area contributed by atoms with E-state index in [1.165, 1.54) is 11.1 Å². The second kappa shape index (κ2) is 5.97. The van der Waals surface area contributed by atoms with E-state index in [0.29, 0.717) is 11.5 Å². The lowest BCUT2D eigenvalue weighted by molar-refractivity contribution is 0.640. The number of fused-ring (bicyclic) bond motifs is 1. The summed E-state index contributed by atoms with van der Waals surface area (Å²) in [6, 6.07) is 0. The maximum absolute atomic E-state index is 8.55. The number of pyridine rings is 1. The Balaban J connectivity index is 2.07. The molecule has 0 unspecified atom stereocenters. The molecular weight excluding hydrogens is 363 g/mol. The van der Waals surface area contributed by atoms with Crippen LogP contribution in [0.1, 0.15) is 16.7 Å². The number of alkyl halides is 1. The molecule has 4 N–H and O–H groups in total. The molecule has 0 spiro atoms. The first-order valence-corrected chi connectivity index (χ1v) is 9.38. The number of rotatable bonds is 2. The monoisotopic (exact) mass is 380 g/mol. The minimum Gasteiger partial charge on any atom is -0.383 e. The van der Waals surface area contributed by atoms with Crippen molar-refractivity contribution in [2.45, 2.75) is 13.0 Å². The molecule has 5 heteroatoms. The zero-order valence-electron chi connectivity index (χ0n) is 11.1. The van der Waals surface area contributed by atoms with Crippen LogP contribution in [-0.4, -0.2) is 25.7 Å². The molecule has 0 aliphatic carbocycles. The molecule has 0 atom stereocenters. The first-order valence-electron chi connectivity index (χ1n) is 6.61. The Hall–Kier alpha value is -1.34. The number of nitrogen functional groups attached to an aromatic ring is 1. The number of hydrogen-bond acceptors (Lipinski definition) is 4. The molecule has 3 rings (SSSR count). The average molecular weight is 380 g/mol. The van der Waals surface area contributed by atoms with Gasteiger partial charge in [0.1, 0.15) is 5.82 Å². The minimum atomic E-state index is 0.00499. The van der Waals surface area contributed by atoms with Crippen molar-refractivity contribution < 1.29 is 0 Å². The summed E-state index contributed by atoms with van der Waals surface area (Å²) < 4.78 is 3.36. The Kier molecular flexibility index (Phi) is 4.07. The van der Waals surface area contributed by atoms with Gasteiger partial charge in [0.15, 0.2) is 0 Å². The Morgan fingerprint density at radius 1 is 1.45 bits per heavy atom. The molecule has 1 aromatic heterocycles. The summed E-state index contributed by atoms with van der Waals surface area (Å²) in [5.41, 5.74) is 10.8.